The minimum atomic E-state index is 0.542. The van der Waals surface area contributed by atoms with Gasteiger partial charge in [-0.2, -0.15) is 10.1 Å². The number of aliphatic imine (C=N–C) groups is 2. The highest BCUT2D eigenvalue weighted by molar-refractivity contribution is 5.95. The Morgan fingerprint density at radius 2 is 1.95 bits per heavy atom. The van der Waals surface area contributed by atoms with Crippen molar-refractivity contribution in [2.75, 3.05) is 20.6 Å². The van der Waals surface area contributed by atoms with E-state index in [0.29, 0.717) is 18.1 Å². The van der Waals surface area contributed by atoms with Crippen LogP contribution in [0.4, 0.5) is 0 Å². The standard InChI is InChI=1S/C15H28N6/c1-6-20(18-5)15(19-11(2)16-3)21-13-7-8-14(21)10-12(9-13)17-4/h12-14,17H,5-10H2,1-4H3/b16-11-,19-15+/t12?,13-,14?/m1/s1. The summed E-state index contributed by atoms with van der Waals surface area (Å²) in [4.78, 5) is 11.4. The number of amidine groups is 1. The average molecular weight is 292 g/mol. The summed E-state index contributed by atoms with van der Waals surface area (Å²) in [6.07, 6.45) is 4.81. The van der Waals surface area contributed by atoms with Crippen molar-refractivity contribution in [3.05, 3.63) is 0 Å². The van der Waals surface area contributed by atoms with Gasteiger partial charge in [0.2, 0.25) is 5.96 Å². The third-order valence-electron chi connectivity index (χ3n) is 4.66. The largest absolute Gasteiger partial charge is 0.335 e. The highest BCUT2D eigenvalue weighted by Gasteiger charge is 2.43. The van der Waals surface area contributed by atoms with Crippen LogP contribution in [0.5, 0.6) is 0 Å². The van der Waals surface area contributed by atoms with E-state index in [2.05, 4.69) is 41.0 Å². The van der Waals surface area contributed by atoms with Gasteiger partial charge in [0, 0.05) is 38.4 Å². The summed E-state index contributed by atoms with van der Waals surface area (Å²) in [6.45, 7) is 8.47. The van der Waals surface area contributed by atoms with E-state index in [0.717, 1.165) is 18.3 Å². The molecule has 118 valence electrons. The van der Waals surface area contributed by atoms with Gasteiger partial charge in [0.15, 0.2) is 0 Å². The Balaban J connectivity index is 2.30. The van der Waals surface area contributed by atoms with Crippen LogP contribution in [-0.2, 0) is 0 Å². The van der Waals surface area contributed by atoms with Gasteiger partial charge < -0.3 is 10.2 Å². The summed E-state index contributed by atoms with van der Waals surface area (Å²) in [7, 11) is 3.84. The molecule has 0 amide bonds. The lowest BCUT2D eigenvalue weighted by Gasteiger charge is -2.42. The van der Waals surface area contributed by atoms with Gasteiger partial charge >= 0.3 is 0 Å². The average Bonchev–Trinajstić information content (AvgIpc) is 2.76. The third-order valence-corrected chi connectivity index (χ3v) is 4.66. The zero-order valence-corrected chi connectivity index (χ0v) is 13.7. The van der Waals surface area contributed by atoms with Crippen molar-refractivity contribution in [2.45, 2.75) is 57.7 Å². The molecule has 6 heteroatoms. The number of guanidine groups is 1. The highest BCUT2D eigenvalue weighted by Crippen LogP contribution is 2.36. The number of nitrogens with zero attached hydrogens (tertiary/aromatic N) is 5. The van der Waals surface area contributed by atoms with Gasteiger partial charge in [-0.25, -0.2) is 5.01 Å². The number of nitrogens with one attached hydrogen (secondary N) is 1. The molecule has 0 aliphatic carbocycles. The molecule has 0 aromatic carbocycles. The molecule has 2 aliphatic rings. The maximum absolute atomic E-state index is 4.72. The Bertz CT molecular complexity index is 416. The molecule has 2 rings (SSSR count). The first-order valence-corrected chi connectivity index (χ1v) is 7.86. The molecule has 3 atom stereocenters. The molecule has 6 nitrogen and oxygen atoms in total. The van der Waals surface area contributed by atoms with Gasteiger partial charge in [-0.05, 0) is 46.6 Å². The second-order valence-corrected chi connectivity index (χ2v) is 5.79. The van der Waals surface area contributed by atoms with Crippen LogP contribution < -0.4 is 5.32 Å². The minimum absolute atomic E-state index is 0.542. The van der Waals surface area contributed by atoms with Crippen LogP contribution in [0.3, 0.4) is 0 Å². The first-order chi connectivity index (χ1) is 10.1. The fourth-order valence-electron chi connectivity index (χ4n) is 3.49. The molecule has 21 heavy (non-hydrogen) atoms. The zero-order valence-electron chi connectivity index (χ0n) is 13.7. The van der Waals surface area contributed by atoms with Crippen molar-refractivity contribution < 1.29 is 0 Å². The molecule has 0 aromatic rings. The van der Waals surface area contributed by atoms with Crippen molar-refractivity contribution in [3.8, 4) is 0 Å². The van der Waals surface area contributed by atoms with E-state index in [9.17, 15) is 0 Å². The summed E-state index contributed by atoms with van der Waals surface area (Å²) in [5.41, 5.74) is 0. The SMILES string of the molecule is C=NN(CC)/C(=N\C(C)=N/C)N1C2CC[C@@H]1CC(NC)C2. The lowest BCUT2D eigenvalue weighted by molar-refractivity contribution is 0.178. The maximum Gasteiger partial charge on any atom is 0.224 e. The second-order valence-electron chi connectivity index (χ2n) is 5.79. The Morgan fingerprint density at radius 1 is 1.33 bits per heavy atom. The molecule has 2 fully saturated rings. The van der Waals surface area contributed by atoms with Crippen LogP contribution in [0.15, 0.2) is 15.1 Å². The Kier molecular flexibility index (Phi) is 5.33. The predicted octanol–water partition coefficient (Wildman–Crippen LogP) is 1.54. The van der Waals surface area contributed by atoms with Gasteiger partial charge in [-0.1, -0.05) is 0 Å². The second kappa shape index (κ2) is 7.02. The molecule has 2 aliphatic heterocycles. The van der Waals surface area contributed by atoms with E-state index in [1.807, 2.05) is 11.9 Å². The summed E-state index contributed by atoms with van der Waals surface area (Å²) in [5, 5.41) is 9.47. The Labute approximate surface area is 128 Å². The van der Waals surface area contributed by atoms with E-state index in [4.69, 9.17) is 4.99 Å². The molecule has 0 radical (unpaired) electrons. The summed E-state index contributed by atoms with van der Waals surface area (Å²) in [6, 6.07) is 1.70. The summed E-state index contributed by atoms with van der Waals surface area (Å²) >= 11 is 0. The van der Waals surface area contributed by atoms with Crippen LogP contribution in [0.2, 0.25) is 0 Å². The molecule has 2 bridgehead atoms. The van der Waals surface area contributed by atoms with E-state index >= 15 is 0 Å². The van der Waals surface area contributed by atoms with Gasteiger partial charge in [-0.15, -0.1) is 0 Å². The molecule has 0 saturated carbocycles. The predicted molar refractivity (Wildman–Crippen MR) is 89.1 cm³/mol. The molecule has 0 spiro atoms. The molecule has 2 heterocycles. The summed E-state index contributed by atoms with van der Waals surface area (Å²) in [5.74, 6) is 1.69. The number of hydrogen-bond donors (Lipinski definition) is 1. The third kappa shape index (κ3) is 3.26. The molecule has 0 aromatic heterocycles. The van der Waals surface area contributed by atoms with Crippen LogP contribution in [0.1, 0.15) is 39.5 Å². The lowest BCUT2D eigenvalue weighted by Crippen LogP contribution is -2.54. The zero-order chi connectivity index (χ0) is 15.4. The van der Waals surface area contributed by atoms with Crippen molar-refractivity contribution in [1.82, 2.24) is 15.2 Å². The molecule has 2 saturated heterocycles. The number of hydrogen-bond acceptors (Lipinski definition) is 3. The van der Waals surface area contributed by atoms with E-state index in [1.54, 1.807) is 7.05 Å². The number of rotatable bonds is 3. The first-order valence-electron chi connectivity index (χ1n) is 7.86. The van der Waals surface area contributed by atoms with Crippen LogP contribution in [0, 0.1) is 0 Å². The topological polar surface area (TPSA) is 55.6 Å². The van der Waals surface area contributed by atoms with E-state index < -0.39 is 0 Å². The Hall–Kier alpha value is -1.43. The van der Waals surface area contributed by atoms with E-state index in [-0.39, 0.29) is 0 Å². The van der Waals surface area contributed by atoms with Crippen LogP contribution in [0.25, 0.3) is 0 Å². The molecule has 1 N–H and O–H groups in total. The van der Waals surface area contributed by atoms with Crippen LogP contribution in [-0.4, -0.2) is 67.2 Å². The maximum atomic E-state index is 4.72. The smallest absolute Gasteiger partial charge is 0.224 e. The van der Waals surface area contributed by atoms with Crippen molar-refractivity contribution in [1.29, 1.82) is 0 Å². The molecular formula is C15H28N6. The molecule has 2 unspecified atom stereocenters. The lowest BCUT2D eigenvalue weighted by atomic mass is 9.98. The fourth-order valence-corrected chi connectivity index (χ4v) is 3.49. The quantitative estimate of drug-likeness (QED) is 0.488. The number of fused-ring (bicyclic) bond motifs is 2. The minimum Gasteiger partial charge on any atom is -0.335 e. The van der Waals surface area contributed by atoms with E-state index in [1.165, 1.54) is 25.7 Å². The van der Waals surface area contributed by atoms with Crippen molar-refractivity contribution in [2.24, 2.45) is 15.1 Å². The van der Waals surface area contributed by atoms with Gasteiger partial charge in [0.05, 0.1) is 0 Å². The van der Waals surface area contributed by atoms with Gasteiger partial charge in [0.25, 0.3) is 0 Å². The number of hydrazone groups is 1. The fraction of sp³-hybridized carbons (Fsp3) is 0.800. The van der Waals surface area contributed by atoms with Gasteiger partial charge in [0.1, 0.15) is 5.84 Å². The first kappa shape index (κ1) is 15.9. The van der Waals surface area contributed by atoms with Crippen molar-refractivity contribution in [3.63, 3.8) is 0 Å². The monoisotopic (exact) mass is 292 g/mol. The highest BCUT2D eigenvalue weighted by atomic mass is 15.6. The molecular weight excluding hydrogens is 264 g/mol. The van der Waals surface area contributed by atoms with Crippen molar-refractivity contribution >= 4 is 18.5 Å². The summed E-state index contributed by atoms with van der Waals surface area (Å²) < 4.78 is 0. The normalized spacial score (nSPS) is 29.7. The van der Waals surface area contributed by atoms with Gasteiger partial charge in [-0.3, -0.25) is 4.99 Å². The number of piperidine rings is 1. The Morgan fingerprint density at radius 3 is 2.38 bits per heavy atom. The van der Waals surface area contributed by atoms with Crippen LogP contribution >= 0.6 is 0 Å².